The summed E-state index contributed by atoms with van der Waals surface area (Å²) < 4.78 is 25.5. The minimum atomic E-state index is -0.697. The number of rotatable bonds is 4. The second kappa shape index (κ2) is 6.75. The molecule has 0 radical (unpaired) electrons. The molecular formula is C19H21FO4. The third kappa shape index (κ3) is 2.72. The van der Waals surface area contributed by atoms with E-state index in [-0.39, 0.29) is 23.3 Å². The number of benzene rings is 1. The van der Waals surface area contributed by atoms with E-state index in [1.165, 1.54) is 0 Å². The lowest BCUT2D eigenvalue weighted by atomic mass is 9.85. The van der Waals surface area contributed by atoms with Gasteiger partial charge in [-0.25, -0.2) is 9.18 Å². The fourth-order valence-corrected chi connectivity index (χ4v) is 3.50. The number of hydrogen-bond donors (Lipinski definition) is 0. The Kier molecular flexibility index (Phi) is 4.69. The number of aryl methyl sites for hydroxylation is 1. The maximum atomic E-state index is 14.9. The molecule has 3 rings (SSSR count). The van der Waals surface area contributed by atoms with Crippen molar-refractivity contribution in [3.63, 3.8) is 0 Å². The van der Waals surface area contributed by atoms with Crippen LogP contribution >= 0.6 is 0 Å². The molecule has 24 heavy (non-hydrogen) atoms. The summed E-state index contributed by atoms with van der Waals surface area (Å²) in [5.74, 6) is -1.34. The van der Waals surface area contributed by atoms with Crippen molar-refractivity contribution >= 4 is 16.9 Å². The van der Waals surface area contributed by atoms with Crippen LogP contribution in [-0.4, -0.2) is 12.6 Å². The molecule has 0 saturated carbocycles. The van der Waals surface area contributed by atoms with Gasteiger partial charge in [-0.05, 0) is 55.7 Å². The van der Waals surface area contributed by atoms with Crippen molar-refractivity contribution in [2.75, 3.05) is 6.61 Å². The standard InChI is InChI=1S/C19H21FO4/c1-3-7-13-11-8-5-6-9-12(11)17(20)16-14(21)10-15(24-18(13)16)19(22)23-4-2/h10H,3-9H2,1-2H3. The Balaban J connectivity index is 2.34. The minimum absolute atomic E-state index is 0.0350. The van der Waals surface area contributed by atoms with Gasteiger partial charge in [0.15, 0.2) is 5.43 Å². The number of carbonyl (C=O) groups is 1. The van der Waals surface area contributed by atoms with Gasteiger partial charge in [0.1, 0.15) is 16.8 Å². The first-order valence-electron chi connectivity index (χ1n) is 8.55. The van der Waals surface area contributed by atoms with Gasteiger partial charge < -0.3 is 9.15 Å². The summed E-state index contributed by atoms with van der Waals surface area (Å²) in [7, 11) is 0. The number of halogens is 1. The van der Waals surface area contributed by atoms with E-state index in [9.17, 15) is 14.0 Å². The highest BCUT2D eigenvalue weighted by Crippen LogP contribution is 2.34. The second-order valence-corrected chi connectivity index (χ2v) is 6.11. The molecular weight excluding hydrogens is 311 g/mol. The third-order valence-electron chi connectivity index (χ3n) is 4.51. The van der Waals surface area contributed by atoms with Crippen LogP contribution < -0.4 is 5.43 Å². The van der Waals surface area contributed by atoms with Gasteiger partial charge in [-0.2, -0.15) is 0 Å². The summed E-state index contributed by atoms with van der Waals surface area (Å²) in [5.41, 5.74) is 2.16. The quantitative estimate of drug-likeness (QED) is 0.796. The third-order valence-corrected chi connectivity index (χ3v) is 4.51. The van der Waals surface area contributed by atoms with Crippen LogP contribution in [0.2, 0.25) is 0 Å². The lowest BCUT2D eigenvalue weighted by Crippen LogP contribution is -2.16. The van der Waals surface area contributed by atoms with Crippen LogP contribution in [0.4, 0.5) is 4.39 Å². The fourth-order valence-electron chi connectivity index (χ4n) is 3.50. The summed E-state index contributed by atoms with van der Waals surface area (Å²) in [6, 6.07) is 1.04. The second-order valence-electron chi connectivity index (χ2n) is 6.11. The first kappa shape index (κ1) is 16.7. The number of esters is 1. The van der Waals surface area contributed by atoms with Crippen molar-refractivity contribution in [1.29, 1.82) is 0 Å². The van der Waals surface area contributed by atoms with E-state index in [0.29, 0.717) is 18.4 Å². The molecule has 0 saturated heterocycles. The van der Waals surface area contributed by atoms with Gasteiger partial charge in [-0.15, -0.1) is 0 Å². The molecule has 2 aromatic rings. The Morgan fingerprint density at radius 1 is 1.25 bits per heavy atom. The Labute approximate surface area is 139 Å². The summed E-state index contributed by atoms with van der Waals surface area (Å²) in [5, 5.41) is -0.0350. The predicted molar refractivity (Wildman–Crippen MR) is 89.0 cm³/mol. The zero-order valence-electron chi connectivity index (χ0n) is 14.0. The van der Waals surface area contributed by atoms with Crippen LogP contribution in [0.3, 0.4) is 0 Å². The van der Waals surface area contributed by atoms with Crippen molar-refractivity contribution in [2.45, 2.75) is 52.4 Å². The molecule has 1 aliphatic carbocycles. The van der Waals surface area contributed by atoms with E-state index < -0.39 is 17.2 Å². The lowest BCUT2D eigenvalue weighted by molar-refractivity contribution is 0.0490. The van der Waals surface area contributed by atoms with E-state index >= 15 is 0 Å². The van der Waals surface area contributed by atoms with Crippen LogP contribution in [0.5, 0.6) is 0 Å². The molecule has 0 atom stereocenters. The predicted octanol–water partition coefficient (Wildman–Crippen LogP) is 3.94. The van der Waals surface area contributed by atoms with Crippen molar-refractivity contribution in [1.82, 2.24) is 0 Å². The molecule has 1 aromatic carbocycles. The summed E-state index contributed by atoms with van der Waals surface area (Å²) in [6.07, 6.45) is 4.89. The highest BCUT2D eigenvalue weighted by molar-refractivity contribution is 5.90. The molecule has 1 heterocycles. The number of carbonyl (C=O) groups excluding carboxylic acids is 1. The monoisotopic (exact) mass is 332 g/mol. The summed E-state index contributed by atoms with van der Waals surface area (Å²) in [4.78, 5) is 24.4. The van der Waals surface area contributed by atoms with Crippen LogP contribution in [-0.2, 0) is 24.0 Å². The van der Waals surface area contributed by atoms with Crippen molar-refractivity contribution < 1.29 is 18.3 Å². The average Bonchev–Trinajstić information content (AvgIpc) is 2.58. The smallest absolute Gasteiger partial charge is 0.374 e. The number of hydrogen-bond acceptors (Lipinski definition) is 4. The van der Waals surface area contributed by atoms with Crippen LogP contribution in [0, 0.1) is 5.82 Å². The first-order valence-corrected chi connectivity index (χ1v) is 8.55. The topological polar surface area (TPSA) is 56.5 Å². The van der Waals surface area contributed by atoms with Crippen molar-refractivity contribution in [3.8, 4) is 0 Å². The van der Waals surface area contributed by atoms with Crippen molar-refractivity contribution in [3.05, 3.63) is 44.6 Å². The van der Waals surface area contributed by atoms with Crippen molar-refractivity contribution in [2.24, 2.45) is 0 Å². The van der Waals surface area contributed by atoms with Gasteiger partial charge in [0, 0.05) is 6.07 Å². The van der Waals surface area contributed by atoms with Gasteiger partial charge >= 0.3 is 5.97 Å². The van der Waals surface area contributed by atoms with E-state index in [1.807, 2.05) is 6.92 Å². The zero-order valence-corrected chi connectivity index (χ0v) is 14.0. The fraction of sp³-hybridized carbons (Fsp3) is 0.474. The van der Waals surface area contributed by atoms with E-state index in [0.717, 1.165) is 42.9 Å². The van der Waals surface area contributed by atoms with Gasteiger partial charge in [-0.1, -0.05) is 13.3 Å². The average molecular weight is 332 g/mol. The van der Waals surface area contributed by atoms with E-state index in [2.05, 4.69) is 0 Å². The van der Waals surface area contributed by atoms with E-state index in [4.69, 9.17) is 9.15 Å². The molecule has 0 amide bonds. The Bertz CT molecular complexity index is 851. The Morgan fingerprint density at radius 3 is 2.62 bits per heavy atom. The molecule has 128 valence electrons. The minimum Gasteiger partial charge on any atom is -0.460 e. The van der Waals surface area contributed by atoms with E-state index in [1.54, 1.807) is 6.92 Å². The number of fused-ring (bicyclic) bond motifs is 2. The zero-order chi connectivity index (χ0) is 17.3. The molecule has 0 bridgehead atoms. The normalized spacial score (nSPS) is 13.8. The van der Waals surface area contributed by atoms with Crippen LogP contribution in [0.1, 0.15) is 60.4 Å². The van der Waals surface area contributed by atoms with Crippen LogP contribution in [0.25, 0.3) is 11.0 Å². The molecule has 1 aromatic heterocycles. The Hall–Kier alpha value is -2.17. The molecule has 0 N–H and O–H groups in total. The Morgan fingerprint density at radius 2 is 1.96 bits per heavy atom. The molecule has 0 unspecified atom stereocenters. The van der Waals surface area contributed by atoms with Gasteiger partial charge in [0.05, 0.1) is 6.61 Å². The highest BCUT2D eigenvalue weighted by Gasteiger charge is 2.26. The first-order chi connectivity index (χ1) is 11.6. The number of ether oxygens (including phenoxy) is 1. The summed E-state index contributed by atoms with van der Waals surface area (Å²) in [6.45, 7) is 3.88. The van der Waals surface area contributed by atoms with Gasteiger partial charge in [-0.3, -0.25) is 4.79 Å². The molecule has 0 fully saturated rings. The molecule has 4 nitrogen and oxygen atoms in total. The van der Waals surface area contributed by atoms with Gasteiger partial charge in [0.2, 0.25) is 5.76 Å². The maximum Gasteiger partial charge on any atom is 0.374 e. The lowest BCUT2D eigenvalue weighted by Gasteiger charge is -2.21. The van der Waals surface area contributed by atoms with Gasteiger partial charge in [0.25, 0.3) is 0 Å². The molecule has 1 aliphatic rings. The largest absolute Gasteiger partial charge is 0.460 e. The maximum absolute atomic E-state index is 14.9. The molecule has 0 aliphatic heterocycles. The summed E-state index contributed by atoms with van der Waals surface area (Å²) >= 11 is 0. The molecule has 5 heteroatoms. The van der Waals surface area contributed by atoms with Crippen LogP contribution in [0.15, 0.2) is 15.3 Å². The molecule has 0 spiro atoms. The SMILES string of the molecule is CCCc1c2c(c(F)c3c(=O)cc(C(=O)OCC)oc13)CCCC2. The highest BCUT2D eigenvalue weighted by atomic mass is 19.1.